The van der Waals surface area contributed by atoms with E-state index in [9.17, 15) is 182 Å². The maximum Gasteiger partial charge on any atom is 0.367 e. The van der Waals surface area contributed by atoms with Gasteiger partial charge in [0.1, 0.15) is 177 Å². The van der Waals surface area contributed by atoms with Crippen LogP contribution in [0.4, 0.5) is 0 Å². The fourth-order valence-electron chi connectivity index (χ4n) is 13.0. The fraction of sp³-hybridized carbons (Fsp3) is 0.914. The van der Waals surface area contributed by atoms with Crippen molar-refractivity contribution in [3.63, 3.8) is 0 Å². The van der Waals surface area contributed by atoms with Gasteiger partial charge in [-0.05, 0) is 0 Å². The van der Waals surface area contributed by atoms with E-state index in [0.717, 1.165) is 0 Å². The van der Waals surface area contributed by atoms with Gasteiger partial charge in [-0.3, -0.25) is 0 Å². The first kappa shape index (κ1) is 92.1. The fourth-order valence-corrected chi connectivity index (χ4v) is 13.0. The number of carbonyl (C=O) groups is 5. The van der Waals surface area contributed by atoms with Crippen molar-refractivity contribution >= 4 is 29.8 Å². The maximum atomic E-state index is 13.1. The number of aliphatic hydroxyl groups is 26. The van der Waals surface area contributed by atoms with Crippen molar-refractivity contribution in [2.45, 2.75) is 275 Å². The number of hydrogen-bond donors (Lipinski definition) is 32. The van der Waals surface area contributed by atoms with Gasteiger partial charge in [-0.25, -0.2) is 24.0 Å². The van der Waals surface area contributed by atoms with E-state index >= 15 is 0 Å². The minimum atomic E-state index is -3.54. The Morgan fingerprint density at radius 3 is 1.22 bits per heavy atom. The lowest BCUT2D eigenvalue weighted by Gasteiger charge is -2.50. The lowest BCUT2D eigenvalue weighted by atomic mass is 9.89. The third-order valence-electron chi connectivity index (χ3n) is 19.7. The van der Waals surface area contributed by atoms with Crippen molar-refractivity contribution in [2.75, 3.05) is 52.9 Å². The number of aliphatic carboxylic acids is 5. The van der Waals surface area contributed by atoms with Gasteiger partial charge < -0.3 is 240 Å². The van der Waals surface area contributed by atoms with Crippen LogP contribution in [-0.4, -0.2) is 503 Å². The summed E-state index contributed by atoms with van der Waals surface area (Å²) in [6.07, 6.45) is -91.7. The largest absolute Gasteiger partial charge is 0.479 e. The number of carboxylic acids is 5. The molecule has 642 valence electrons. The smallest absolute Gasteiger partial charge is 0.367 e. The Morgan fingerprint density at radius 1 is 0.396 bits per heavy atom. The van der Waals surface area contributed by atoms with Crippen LogP contribution in [0.2, 0.25) is 0 Å². The molecule has 53 heteroatoms. The van der Waals surface area contributed by atoms with Gasteiger partial charge in [0.25, 0.3) is 17.4 Å². The van der Waals surface area contributed by atoms with Crippen molar-refractivity contribution in [1.82, 2.24) is 0 Å². The van der Waals surface area contributed by atoms with Crippen molar-refractivity contribution in [3.8, 4) is 0 Å². The highest BCUT2D eigenvalue weighted by molar-refractivity contribution is 5.80. The molecule has 8 aliphatic heterocycles. The van der Waals surface area contributed by atoms with E-state index < -0.39 is 358 Å². The van der Waals surface area contributed by atoms with E-state index in [1.54, 1.807) is 0 Å². The molecule has 33 N–H and O–H groups in total. The zero-order valence-corrected chi connectivity index (χ0v) is 57.2. The molecule has 8 saturated heterocycles. The van der Waals surface area contributed by atoms with Crippen molar-refractivity contribution < 1.29 is 258 Å². The van der Waals surface area contributed by atoms with E-state index in [2.05, 4.69) is 0 Å². The quantitative estimate of drug-likeness (QED) is 0.0290. The molecule has 0 aromatic rings. The highest BCUT2D eigenvalue weighted by atomic mass is 16.8. The zero-order valence-electron chi connectivity index (χ0n) is 57.2. The van der Waals surface area contributed by atoms with Crippen LogP contribution >= 0.6 is 0 Å². The minimum absolute atomic E-state index is 0.915. The van der Waals surface area contributed by atoms with Crippen LogP contribution in [0.15, 0.2) is 0 Å². The maximum absolute atomic E-state index is 13.1. The third kappa shape index (κ3) is 19.3. The number of rotatable bonds is 33. The van der Waals surface area contributed by atoms with Crippen molar-refractivity contribution in [2.24, 2.45) is 5.73 Å². The average molecular weight is 1640 g/mol. The van der Waals surface area contributed by atoms with Gasteiger partial charge in [0.2, 0.25) is 0 Å². The second-order valence-corrected chi connectivity index (χ2v) is 27.2. The normalized spacial score (nSPS) is 47.3. The summed E-state index contributed by atoms with van der Waals surface area (Å²) in [5.41, 5.74) is 5.46. The molecule has 0 aromatic carbocycles. The minimum Gasteiger partial charge on any atom is -0.479 e. The Hall–Kier alpha value is -4.37. The van der Waals surface area contributed by atoms with Gasteiger partial charge in [0, 0.05) is 12.8 Å². The average Bonchev–Trinajstić information content (AvgIpc) is 0.771. The molecule has 53 nitrogen and oxygen atoms in total. The van der Waals surface area contributed by atoms with Crippen LogP contribution in [0, 0.1) is 0 Å². The summed E-state index contributed by atoms with van der Waals surface area (Å²) in [5, 5.41) is 330. The predicted molar refractivity (Wildman–Crippen MR) is 325 cm³/mol. The molecule has 8 aliphatic rings. The molecule has 0 saturated carbocycles. The van der Waals surface area contributed by atoms with Crippen LogP contribution in [0.25, 0.3) is 0 Å². The molecule has 0 unspecified atom stereocenters. The van der Waals surface area contributed by atoms with Crippen LogP contribution in [-0.2, 0) is 99.8 Å². The molecule has 8 fully saturated rings. The summed E-state index contributed by atoms with van der Waals surface area (Å²) < 4.78 is 87.1. The lowest BCUT2D eigenvalue weighted by molar-refractivity contribution is -0.398. The Kier molecular flexibility index (Phi) is 31.5. The number of ether oxygens (including phenoxy) is 16. The molecule has 43 atom stereocenters. The second-order valence-electron chi connectivity index (χ2n) is 27.2. The van der Waals surface area contributed by atoms with Crippen LogP contribution in [0.3, 0.4) is 0 Å². The molecular formula is C58H93NO52. The van der Waals surface area contributed by atoms with E-state index in [1.807, 2.05) is 0 Å². The highest BCUT2D eigenvalue weighted by Crippen LogP contribution is 2.41. The number of nitrogens with two attached hydrogens (primary N) is 1. The number of hydrogen-bond acceptors (Lipinski definition) is 48. The summed E-state index contributed by atoms with van der Waals surface area (Å²) in [6, 6.07) is -1.55. The first-order chi connectivity index (χ1) is 51.9. The monoisotopic (exact) mass is 1640 g/mol. The zero-order chi connectivity index (χ0) is 82.9. The van der Waals surface area contributed by atoms with Crippen LogP contribution < -0.4 is 5.73 Å². The molecule has 0 amide bonds. The molecule has 0 aliphatic carbocycles. The lowest BCUT2D eigenvalue weighted by Crippen LogP contribution is -2.72. The first-order valence-electron chi connectivity index (χ1n) is 33.7. The van der Waals surface area contributed by atoms with Gasteiger partial charge in [0.15, 0.2) is 43.7 Å². The Morgan fingerprint density at radius 2 is 0.793 bits per heavy atom. The molecule has 111 heavy (non-hydrogen) atoms. The third-order valence-corrected chi connectivity index (χ3v) is 19.7. The Labute approximate surface area is 620 Å². The van der Waals surface area contributed by atoms with Gasteiger partial charge >= 0.3 is 29.8 Å². The first-order valence-corrected chi connectivity index (χ1v) is 33.7. The number of carboxylic acid groups (broad SMARTS) is 5. The summed E-state index contributed by atoms with van der Waals surface area (Å²) >= 11 is 0. The molecule has 0 spiro atoms. The highest BCUT2D eigenvalue weighted by Gasteiger charge is 2.65. The molecule has 0 bridgehead atoms. The van der Waals surface area contributed by atoms with Gasteiger partial charge in [-0.1, -0.05) is 0 Å². The summed E-state index contributed by atoms with van der Waals surface area (Å²) in [5.74, 6) is -20.7. The van der Waals surface area contributed by atoms with Crippen molar-refractivity contribution in [3.05, 3.63) is 0 Å². The topological polar surface area (TPSA) is 886 Å². The SMILES string of the molecule is N[C@@H](CO)[C@@H](O)[C@H](O)[C@H](O)CO[C@@]1(C(=O)O)O[C@H]([C@H](O)CO)[C@H](O[C@H]2O[C@H](CO)[C@@H](O[C@@H]3O[C@H](CO[C@H]4O[C@H](CO[C@H]5O[C@H](CO[C@]6(C(=O)O)C[C@@H](O[C@@H]7O[C@H](CO[C@]8(C(=O)O)C[C@@H](O)[C@@H](O)[C@@H](C(=O)O)O8)[C@@H](O)[C@H](O)[C@H]7O)[C@@H](O)[C@@H](C(=O)O)O6)[C@@H](O)[C@H](O)[C@H]5O)[C@@H](O)[C@H](O)[C@H]4O)[C@@H](O)[C@H](O)[C@H]3O)[C@H](O)[C@H]2O)[C@H](O)[C@@H]1O. The molecule has 8 rings (SSSR count). The van der Waals surface area contributed by atoms with E-state index in [4.69, 9.17) is 81.5 Å². The summed E-state index contributed by atoms with van der Waals surface area (Å²) in [6.45, 7) is -9.60. The predicted octanol–water partition coefficient (Wildman–Crippen LogP) is -21.1. The van der Waals surface area contributed by atoms with Crippen molar-refractivity contribution in [1.29, 1.82) is 0 Å². The van der Waals surface area contributed by atoms with Gasteiger partial charge in [0.05, 0.1) is 77.2 Å². The molecule has 0 radical (unpaired) electrons. The Balaban J connectivity index is 0.885. The van der Waals surface area contributed by atoms with E-state index in [-0.39, 0.29) is 0 Å². The number of aliphatic hydroxyl groups excluding tert-OH is 26. The molecule has 8 heterocycles. The van der Waals surface area contributed by atoms with Crippen LogP contribution in [0.5, 0.6) is 0 Å². The van der Waals surface area contributed by atoms with E-state index in [1.165, 1.54) is 0 Å². The van der Waals surface area contributed by atoms with Crippen LogP contribution in [0.1, 0.15) is 12.8 Å². The standard InChI is InChI=1S/C58H93NO52/c59-11(3-60)21(66)22(67)14(65)6-100-58(55(94)95)45(85)39(84)42(40(111-58)13(64)4-61)108-52-38(83)33(78)41(16(5-62)102-52)107-51-37(82)31(76)25(70)18(105-51)8-97-48-34(79)29(74)24(69)17(103-48)7-96-49-35(80)30(75)26(71)19(104-49)9-99-57(54(92)93)2-15(28(73)44(110-57)47(88)89)101-50-36(81)32(77)27(72)20(106-50)10-98-56(53(90)91)1-12(63)23(68)43(109-56)46(86)87/h11-45,48-52,60-85H,1-10,59H2,(H,86,87)(H,88,89)(H,90,91)(H,92,93)(H,94,95)/t11-,12+,13+,14+,15+,16+,17+,18+,19+,20+,21+,22+,23+,24+,25+,26+,27+,28+,29-,30-,31-,32-,33+,34+,35+,36+,37+,38+,39-,40+,41+,42+,43-,44-,45-,48-,49-,50+,51-,52+,56+,57+,58+/m0/s1. The van der Waals surface area contributed by atoms with E-state index in [0.29, 0.717) is 0 Å². The molecule has 0 aromatic heterocycles. The van der Waals surface area contributed by atoms with Gasteiger partial charge in [-0.2, -0.15) is 0 Å². The summed E-state index contributed by atoms with van der Waals surface area (Å²) in [7, 11) is 0. The Bertz CT molecular complexity index is 3040. The summed E-state index contributed by atoms with van der Waals surface area (Å²) in [4.78, 5) is 62.4. The second kappa shape index (κ2) is 37.9. The molecular weight excluding hydrogens is 1540 g/mol. The van der Waals surface area contributed by atoms with Gasteiger partial charge in [-0.15, -0.1) is 0 Å².